The fraction of sp³-hybridized carbons (Fsp3) is 0.600. The molecule has 1 aliphatic rings. The largest absolute Gasteiger partial charge is 0.321 e. The van der Waals surface area contributed by atoms with Gasteiger partial charge in [0.2, 0.25) is 5.82 Å². The number of hydrogen-bond acceptors (Lipinski definition) is 6. The summed E-state index contributed by atoms with van der Waals surface area (Å²) in [5, 5.41) is 22.3. The molecule has 3 heterocycles. The highest BCUT2D eigenvalue weighted by molar-refractivity contribution is 5.47. The molecule has 8 nitrogen and oxygen atoms in total. The minimum atomic E-state index is 0.236. The van der Waals surface area contributed by atoms with Crippen LogP contribution < -0.4 is 0 Å². The van der Waals surface area contributed by atoms with Crippen molar-refractivity contribution in [3.05, 3.63) is 11.4 Å². The van der Waals surface area contributed by atoms with Crippen LogP contribution in [0.4, 0.5) is 0 Å². The second kappa shape index (κ2) is 3.85. The van der Waals surface area contributed by atoms with Crippen molar-refractivity contribution in [3.63, 3.8) is 0 Å². The van der Waals surface area contributed by atoms with Gasteiger partial charge >= 0.3 is 0 Å². The van der Waals surface area contributed by atoms with Crippen LogP contribution in [0.15, 0.2) is 0 Å². The van der Waals surface area contributed by atoms with Gasteiger partial charge in [-0.05, 0) is 24.3 Å². The Balaban J connectivity index is 2.17. The van der Waals surface area contributed by atoms with Gasteiger partial charge in [-0.25, -0.2) is 9.67 Å². The third-order valence-electron chi connectivity index (χ3n) is 3.09. The summed E-state index contributed by atoms with van der Waals surface area (Å²) in [6.07, 6.45) is 0. The SMILES string of the molecule is CC(C)n1c(-c2nnnn2C)nc2c1CN(O)C2. The molecule has 0 unspecified atom stereocenters. The molecule has 1 aliphatic heterocycles. The smallest absolute Gasteiger partial charge is 0.217 e. The molecule has 0 amide bonds. The van der Waals surface area contributed by atoms with Crippen LogP contribution in [0.2, 0.25) is 0 Å². The molecule has 0 aromatic carbocycles. The zero-order valence-electron chi connectivity index (χ0n) is 10.6. The van der Waals surface area contributed by atoms with Crippen molar-refractivity contribution in [2.24, 2.45) is 7.05 Å². The highest BCUT2D eigenvalue weighted by Gasteiger charge is 2.29. The van der Waals surface area contributed by atoms with Gasteiger partial charge in [0.25, 0.3) is 0 Å². The second-order valence-corrected chi connectivity index (χ2v) is 4.74. The Morgan fingerprint density at radius 2 is 2.00 bits per heavy atom. The van der Waals surface area contributed by atoms with Crippen LogP contribution in [-0.2, 0) is 20.1 Å². The molecule has 0 saturated carbocycles. The molecule has 3 rings (SSSR count). The van der Waals surface area contributed by atoms with Gasteiger partial charge in [-0.1, -0.05) is 0 Å². The van der Waals surface area contributed by atoms with Crippen molar-refractivity contribution >= 4 is 0 Å². The Morgan fingerprint density at radius 1 is 1.22 bits per heavy atom. The van der Waals surface area contributed by atoms with E-state index in [1.54, 1.807) is 11.7 Å². The van der Waals surface area contributed by atoms with E-state index in [2.05, 4.69) is 38.9 Å². The first-order chi connectivity index (χ1) is 8.58. The van der Waals surface area contributed by atoms with E-state index in [1.165, 1.54) is 5.06 Å². The number of hydroxylamine groups is 2. The van der Waals surface area contributed by atoms with E-state index in [-0.39, 0.29) is 6.04 Å². The minimum Gasteiger partial charge on any atom is -0.321 e. The number of nitrogens with zero attached hydrogens (tertiary/aromatic N) is 7. The molecule has 18 heavy (non-hydrogen) atoms. The van der Waals surface area contributed by atoms with Gasteiger partial charge in [-0.15, -0.1) is 5.10 Å². The van der Waals surface area contributed by atoms with E-state index in [9.17, 15) is 5.21 Å². The van der Waals surface area contributed by atoms with Gasteiger partial charge in [-0.2, -0.15) is 5.06 Å². The molecule has 2 aromatic rings. The highest BCUT2D eigenvalue weighted by Crippen LogP contribution is 2.29. The first-order valence-corrected chi connectivity index (χ1v) is 5.84. The summed E-state index contributed by atoms with van der Waals surface area (Å²) in [5.41, 5.74) is 1.93. The number of imidazole rings is 1. The minimum absolute atomic E-state index is 0.236. The van der Waals surface area contributed by atoms with Crippen molar-refractivity contribution in [1.82, 2.24) is 34.8 Å². The zero-order valence-corrected chi connectivity index (χ0v) is 10.6. The van der Waals surface area contributed by atoms with Gasteiger partial charge in [0.15, 0.2) is 5.82 Å². The summed E-state index contributed by atoms with van der Waals surface area (Å²) in [5.74, 6) is 1.40. The third-order valence-corrected chi connectivity index (χ3v) is 3.09. The standard InChI is InChI=1S/C10H15N7O/c1-6(2)17-8-5-16(18)4-7(8)11-9(17)10-12-13-14-15(10)3/h6,18H,4-5H2,1-3H3. The predicted octanol–water partition coefficient (Wildman–Crippen LogP) is 0.359. The molecule has 0 radical (unpaired) electrons. The van der Waals surface area contributed by atoms with Crippen molar-refractivity contribution in [2.75, 3.05) is 0 Å². The Morgan fingerprint density at radius 3 is 2.61 bits per heavy atom. The number of rotatable bonds is 2. The Bertz CT molecular complexity index is 585. The predicted molar refractivity (Wildman–Crippen MR) is 61.4 cm³/mol. The molecular weight excluding hydrogens is 234 g/mol. The van der Waals surface area contributed by atoms with Crippen LogP contribution in [0.25, 0.3) is 11.6 Å². The van der Waals surface area contributed by atoms with Crippen LogP contribution in [0, 0.1) is 0 Å². The summed E-state index contributed by atoms with van der Waals surface area (Å²) in [6, 6.07) is 0.236. The van der Waals surface area contributed by atoms with Gasteiger partial charge in [0.05, 0.1) is 24.5 Å². The second-order valence-electron chi connectivity index (χ2n) is 4.74. The molecule has 0 bridgehead atoms. The van der Waals surface area contributed by atoms with Crippen LogP contribution in [-0.4, -0.2) is 40.0 Å². The maximum absolute atomic E-state index is 9.56. The average Bonchev–Trinajstić information content (AvgIpc) is 2.90. The Labute approximate surface area is 104 Å². The van der Waals surface area contributed by atoms with E-state index in [0.29, 0.717) is 18.9 Å². The average molecular weight is 249 g/mol. The summed E-state index contributed by atoms with van der Waals surface area (Å²) in [7, 11) is 1.79. The van der Waals surface area contributed by atoms with Gasteiger partial charge in [0, 0.05) is 13.1 Å². The highest BCUT2D eigenvalue weighted by atomic mass is 16.5. The molecule has 0 saturated heterocycles. The van der Waals surface area contributed by atoms with Gasteiger partial charge in [0.1, 0.15) is 0 Å². The Hall–Kier alpha value is -1.80. The molecule has 2 aromatic heterocycles. The molecule has 0 fully saturated rings. The molecule has 0 aliphatic carbocycles. The van der Waals surface area contributed by atoms with Crippen molar-refractivity contribution < 1.29 is 5.21 Å². The van der Waals surface area contributed by atoms with Gasteiger partial charge in [-0.3, -0.25) is 0 Å². The van der Waals surface area contributed by atoms with Crippen molar-refractivity contribution in [2.45, 2.75) is 33.0 Å². The lowest BCUT2D eigenvalue weighted by Gasteiger charge is -2.15. The molecule has 8 heteroatoms. The third kappa shape index (κ3) is 1.53. The molecule has 0 spiro atoms. The van der Waals surface area contributed by atoms with E-state index >= 15 is 0 Å². The Kier molecular flexibility index (Phi) is 2.42. The summed E-state index contributed by atoms with van der Waals surface area (Å²) in [4.78, 5) is 4.56. The lowest BCUT2D eigenvalue weighted by Crippen LogP contribution is -2.15. The van der Waals surface area contributed by atoms with Crippen molar-refractivity contribution in [3.8, 4) is 11.6 Å². The molecule has 96 valence electrons. The maximum Gasteiger partial charge on any atom is 0.217 e. The first kappa shape index (κ1) is 11.3. The monoisotopic (exact) mass is 249 g/mol. The molecule has 0 atom stereocenters. The van der Waals surface area contributed by atoms with Crippen LogP contribution in [0.1, 0.15) is 31.3 Å². The van der Waals surface area contributed by atoms with Crippen LogP contribution in [0.3, 0.4) is 0 Å². The lowest BCUT2D eigenvalue weighted by atomic mass is 10.3. The number of aryl methyl sites for hydroxylation is 1. The first-order valence-electron chi connectivity index (χ1n) is 5.84. The number of fused-ring (bicyclic) bond motifs is 1. The fourth-order valence-electron chi connectivity index (χ4n) is 2.34. The number of tetrazole rings is 1. The quantitative estimate of drug-likeness (QED) is 0.827. The van der Waals surface area contributed by atoms with Crippen LogP contribution in [0.5, 0.6) is 0 Å². The van der Waals surface area contributed by atoms with Crippen molar-refractivity contribution in [1.29, 1.82) is 0 Å². The fourth-order valence-corrected chi connectivity index (χ4v) is 2.34. The van der Waals surface area contributed by atoms with Gasteiger partial charge < -0.3 is 9.77 Å². The van der Waals surface area contributed by atoms with E-state index in [0.717, 1.165) is 17.2 Å². The summed E-state index contributed by atoms with van der Waals surface area (Å²) in [6.45, 7) is 5.10. The van der Waals surface area contributed by atoms with E-state index in [4.69, 9.17) is 0 Å². The topological polar surface area (TPSA) is 84.9 Å². The maximum atomic E-state index is 9.56. The summed E-state index contributed by atoms with van der Waals surface area (Å²) < 4.78 is 3.68. The normalized spacial score (nSPS) is 15.6. The van der Waals surface area contributed by atoms with E-state index in [1.807, 2.05) is 0 Å². The van der Waals surface area contributed by atoms with Crippen LogP contribution >= 0.6 is 0 Å². The number of aromatic nitrogens is 6. The number of hydrogen-bond donors (Lipinski definition) is 1. The molecular formula is C10H15N7O. The molecule has 1 N–H and O–H groups in total. The van der Waals surface area contributed by atoms with E-state index < -0.39 is 0 Å². The zero-order chi connectivity index (χ0) is 12.9. The summed E-state index contributed by atoms with van der Waals surface area (Å²) >= 11 is 0. The lowest BCUT2D eigenvalue weighted by molar-refractivity contribution is -0.0986.